The molecule has 0 heterocycles. The fourth-order valence-electron chi connectivity index (χ4n) is 0.215. The third kappa shape index (κ3) is 3.24. The summed E-state index contributed by atoms with van der Waals surface area (Å²) in [6.07, 6.45) is 0.146. The number of halogens is 3. The standard InChI is InChI=1S/C4H4ClF2NO2/c5-4(6,7)2(8)1-3(9)10/h1H,8H2,(H,9,10)/b2-1-. The van der Waals surface area contributed by atoms with Crippen LogP contribution >= 0.6 is 11.6 Å². The van der Waals surface area contributed by atoms with Gasteiger partial charge in [0.25, 0.3) is 0 Å². The molecule has 0 atom stereocenters. The van der Waals surface area contributed by atoms with E-state index in [1.807, 2.05) is 0 Å². The molecule has 0 spiro atoms. The van der Waals surface area contributed by atoms with Gasteiger partial charge < -0.3 is 10.8 Å². The van der Waals surface area contributed by atoms with Gasteiger partial charge in [0.2, 0.25) is 0 Å². The Bertz CT molecular complexity index is 175. The van der Waals surface area contributed by atoms with Crippen LogP contribution in [0.3, 0.4) is 0 Å². The molecule has 0 aliphatic carbocycles. The summed E-state index contributed by atoms with van der Waals surface area (Å²) in [6.45, 7) is 0. The van der Waals surface area contributed by atoms with Crippen molar-refractivity contribution in [1.82, 2.24) is 0 Å². The molecule has 0 aliphatic rings. The molecule has 0 amide bonds. The summed E-state index contributed by atoms with van der Waals surface area (Å²) in [4.78, 5) is 9.71. The number of hydrogen-bond donors (Lipinski definition) is 2. The van der Waals surface area contributed by atoms with Crippen LogP contribution in [0.25, 0.3) is 0 Å². The first kappa shape index (κ1) is 9.16. The van der Waals surface area contributed by atoms with E-state index in [4.69, 9.17) is 5.11 Å². The minimum absolute atomic E-state index is 0.146. The molecule has 6 heteroatoms. The van der Waals surface area contributed by atoms with Gasteiger partial charge in [-0.3, -0.25) is 0 Å². The first-order valence-corrected chi connectivity index (χ1v) is 2.49. The van der Waals surface area contributed by atoms with E-state index >= 15 is 0 Å². The predicted molar refractivity (Wildman–Crippen MR) is 30.7 cm³/mol. The lowest BCUT2D eigenvalue weighted by atomic mass is 10.4. The Labute approximate surface area is 60.1 Å². The summed E-state index contributed by atoms with van der Waals surface area (Å²) < 4.78 is 23.6. The summed E-state index contributed by atoms with van der Waals surface area (Å²) in [5, 5.41) is 4.12. The largest absolute Gasteiger partial charge is 0.478 e. The summed E-state index contributed by atoms with van der Waals surface area (Å²) in [5.74, 6) is -1.56. The van der Waals surface area contributed by atoms with Crippen LogP contribution in [0, 0.1) is 0 Å². The lowest BCUT2D eigenvalue weighted by Gasteiger charge is -2.05. The molecule has 0 aliphatic heterocycles. The van der Waals surface area contributed by atoms with Crippen molar-refractivity contribution in [3.05, 3.63) is 11.8 Å². The molecule has 0 bridgehead atoms. The Morgan fingerprint density at radius 3 is 2.20 bits per heavy atom. The van der Waals surface area contributed by atoms with Crippen molar-refractivity contribution >= 4 is 17.6 Å². The van der Waals surface area contributed by atoms with Crippen molar-refractivity contribution in [2.24, 2.45) is 5.73 Å². The number of rotatable bonds is 2. The molecular formula is C4H4ClF2NO2. The SMILES string of the molecule is N/C(=C\C(=O)O)C(F)(F)Cl. The Hall–Kier alpha value is -0.840. The first-order chi connectivity index (χ1) is 4.34. The van der Waals surface area contributed by atoms with Crippen molar-refractivity contribution in [2.75, 3.05) is 0 Å². The number of carboxylic acids is 1. The first-order valence-electron chi connectivity index (χ1n) is 2.11. The number of hydrogen-bond acceptors (Lipinski definition) is 2. The fraction of sp³-hybridized carbons (Fsp3) is 0.250. The van der Waals surface area contributed by atoms with Crippen LogP contribution < -0.4 is 5.73 Å². The Kier molecular flexibility index (Phi) is 2.59. The average Bonchev–Trinajstić information content (AvgIpc) is 1.60. The maximum absolute atomic E-state index is 11.8. The molecule has 0 saturated heterocycles. The van der Waals surface area contributed by atoms with Crippen LogP contribution in [-0.2, 0) is 4.79 Å². The van der Waals surface area contributed by atoms with Crippen LogP contribution in [0.1, 0.15) is 0 Å². The van der Waals surface area contributed by atoms with E-state index in [0.29, 0.717) is 0 Å². The molecule has 0 aromatic rings. The lowest BCUT2D eigenvalue weighted by Crippen LogP contribution is -2.19. The molecule has 0 unspecified atom stereocenters. The van der Waals surface area contributed by atoms with Crippen molar-refractivity contribution < 1.29 is 18.7 Å². The van der Waals surface area contributed by atoms with E-state index in [-0.39, 0.29) is 6.08 Å². The second-order valence-corrected chi connectivity index (χ2v) is 1.91. The Balaban J connectivity index is 4.35. The molecule has 3 nitrogen and oxygen atoms in total. The average molecular weight is 172 g/mol. The predicted octanol–water partition coefficient (Wildman–Crippen LogP) is 0.745. The maximum atomic E-state index is 11.8. The smallest absolute Gasteiger partial charge is 0.362 e. The van der Waals surface area contributed by atoms with Crippen LogP contribution in [0.2, 0.25) is 0 Å². The monoisotopic (exact) mass is 171 g/mol. The minimum atomic E-state index is -3.78. The zero-order valence-electron chi connectivity index (χ0n) is 4.64. The van der Waals surface area contributed by atoms with Gasteiger partial charge in [-0.2, -0.15) is 8.78 Å². The van der Waals surface area contributed by atoms with Gasteiger partial charge in [-0.25, -0.2) is 4.79 Å². The number of carbonyl (C=O) groups is 1. The molecule has 0 aromatic heterocycles. The minimum Gasteiger partial charge on any atom is -0.478 e. The van der Waals surface area contributed by atoms with Gasteiger partial charge in [0.05, 0.1) is 0 Å². The molecule has 10 heavy (non-hydrogen) atoms. The molecule has 58 valence electrons. The molecule has 0 radical (unpaired) electrons. The Morgan fingerprint density at radius 1 is 1.70 bits per heavy atom. The van der Waals surface area contributed by atoms with E-state index in [2.05, 4.69) is 17.3 Å². The molecule has 0 saturated carbocycles. The van der Waals surface area contributed by atoms with Crippen LogP contribution in [0.4, 0.5) is 8.78 Å². The van der Waals surface area contributed by atoms with Crippen molar-refractivity contribution in [3.8, 4) is 0 Å². The highest BCUT2D eigenvalue weighted by Crippen LogP contribution is 2.24. The van der Waals surface area contributed by atoms with Crippen molar-refractivity contribution in [1.29, 1.82) is 0 Å². The fourth-order valence-corrected chi connectivity index (χ4v) is 0.269. The number of alkyl halides is 3. The van der Waals surface area contributed by atoms with Gasteiger partial charge in [-0.15, -0.1) is 0 Å². The van der Waals surface area contributed by atoms with Crippen molar-refractivity contribution in [3.63, 3.8) is 0 Å². The second-order valence-electron chi connectivity index (χ2n) is 1.44. The lowest BCUT2D eigenvalue weighted by molar-refractivity contribution is -0.131. The maximum Gasteiger partial charge on any atom is 0.362 e. The molecule has 0 rings (SSSR count). The summed E-state index contributed by atoms with van der Waals surface area (Å²) in [5.41, 5.74) is 3.37. The number of allylic oxidation sites excluding steroid dienone is 1. The van der Waals surface area contributed by atoms with Gasteiger partial charge in [-0.1, -0.05) is 0 Å². The topological polar surface area (TPSA) is 63.3 Å². The molecule has 0 aromatic carbocycles. The van der Waals surface area contributed by atoms with Crippen LogP contribution in [0.5, 0.6) is 0 Å². The molecular weight excluding hydrogens is 167 g/mol. The highest BCUT2D eigenvalue weighted by molar-refractivity contribution is 6.23. The zero-order chi connectivity index (χ0) is 8.36. The summed E-state index contributed by atoms with van der Waals surface area (Å²) in [7, 11) is 0. The van der Waals surface area contributed by atoms with Gasteiger partial charge in [0.15, 0.2) is 0 Å². The van der Waals surface area contributed by atoms with Gasteiger partial charge in [0.1, 0.15) is 5.70 Å². The van der Waals surface area contributed by atoms with E-state index in [9.17, 15) is 13.6 Å². The normalized spacial score (nSPS) is 13.3. The van der Waals surface area contributed by atoms with E-state index in [0.717, 1.165) is 0 Å². The molecule has 0 fully saturated rings. The zero-order valence-corrected chi connectivity index (χ0v) is 5.40. The summed E-state index contributed by atoms with van der Waals surface area (Å²) >= 11 is 4.34. The third-order valence-corrected chi connectivity index (χ3v) is 0.825. The van der Waals surface area contributed by atoms with Gasteiger partial charge in [-0.05, 0) is 11.6 Å². The Morgan fingerprint density at radius 2 is 2.10 bits per heavy atom. The number of aliphatic carboxylic acids is 1. The van der Waals surface area contributed by atoms with E-state index in [1.54, 1.807) is 0 Å². The molecule has 3 N–H and O–H groups in total. The quantitative estimate of drug-likeness (QED) is 0.476. The highest BCUT2D eigenvalue weighted by atomic mass is 35.5. The highest BCUT2D eigenvalue weighted by Gasteiger charge is 2.29. The van der Waals surface area contributed by atoms with E-state index in [1.165, 1.54) is 0 Å². The third-order valence-electron chi connectivity index (χ3n) is 0.606. The second kappa shape index (κ2) is 2.83. The van der Waals surface area contributed by atoms with Crippen molar-refractivity contribution in [2.45, 2.75) is 5.38 Å². The van der Waals surface area contributed by atoms with Crippen LogP contribution in [0.15, 0.2) is 11.8 Å². The van der Waals surface area contributed by atoms with Crippen LogP contribution in [-0.4, -0.2) is 16.5 Å². The number of nitrogens with two attached hydrogens (primary N) is 1. The van der Waals surface area contributed by atoms with Gasteiger partial charge in [0, 0.05) is 6.08 Å². The van der Waals surface area contributed by atoms with E-state index < -0.39 is 17.0 Å². The van der Waals surface area contributed by atoms with Gasteiger partial charge >= 0.3 is 11.4 Å². The summed E-state index contributed by atoms with van der Waals surface area (Å²) in [6, 6.07) is 0. The number of carboxylic acid groups (broad SMARTS) is 1.